The summed E-state index contributed by atoms with van der Waals surface area (Å²) in [5, 5.41) is 8.91. The highest BCUT2D eigenvalue weighted by Gasteiger charge is 2.19. The summed E-state index contributed by atoms with van der Waals surface area (Å²) in [5.41, 5.74) is 2.18. The Balaban J connectivity index is 2.69. The van der Waals surface area contributed by atoms with Gasteiger partial charge in [0.05, 0.1) is 23.0 Å². The third kappa shape index (κ3) is 4.47. The molecule has 0 aromatic carbocycles. The van der Waals surface area contributed by atoms with Gasteiger partial charge in [0, 0.05) is 26.2 Å². The van der Waals surface area contributed by atoms with Crippen LogP contribution in [0.2, 0.25) is 5.02 Å². The van der Waals surface area contributed by atoms with E-state index in [1.54, 1.807) is 7.11 Å². The van der Waals surface area contributed by atoms with E-state index in [9.17, 15) is 0 Å². The predicted octanol–water partition coefficient (Wildman–Crippen LogP) is 2.92. The first kappa shape index (κ1) is 17.5. The smallest absolute Gasteiger partial charge is 0.0849 e. The number of hydrogen-bond acceptors (Lipinski definition) is 3. The van der Waals surface area contributed by atoms with Gasteiger partial charge >= 0.3 is 0 Å². The maximum absolute atomic E-state index is 6.46. The molecule has 0 aliphatic heterocycles. The van der Waals surface area contributed by atoms with Crippen molar-refractivity contribution >= 4 is 11.6 Å². The molecule has 0 saturated carbocycles. The van der Waals surface area contributed by atoms with Crippen LogP contribution in [0, 0.1) is 5.92 Å². The van der Waals surface area contributed by atoms with Crippen LogP contribution in [0.15, 0.2) is 0 Å². The Morgan fingerprint density at radius 3 is 2.60 bits per heavy atom. The van der Waals surface area contributed by atoms with E-state index in [0.29, 0.717) is 12.0 Å². The molecule has 0 spiro atoms. The highest BCUT2D eigenvalue weighted by atomic mass is 35.5. The molecule has 2 unspecified atom stereocenters. The second kappa shape index (κ2) is 8.65. The third-order valence-electron chi connectivity index (χ3n) is 3.84. The minimum atomic E-state index is 0.423. The zero-order valence-electron chi connectivity index (χ0n) is 13.4. The quantitative estimate of drug-likeness (QED) is 0.713. The predicted molar refractivity (Wildman–Crippen MR) is 84.5 cm³/mol. The number of nitrogens with one attached hydrogen (secondary N) is 1. The zero-order valence-corrected chi connectivity index (χ0v) is 14.1. The van der Waals surface area contributed by atoms with Gasteiger partial charge in [-0.3, -0.25) is 4.68 Å². The molecule has 1 rings (SSSR count). The first-order valence-electron chi connectivity index (χ1n) is 7.51. The fourth-order valence-electron chi connectivity index (χ4n) is 2.28. The summed E-state index contributed by atoms with van der Waals surface area (Å²) in [4.78, 5) is 0. The second-order valence-electron chi connectivity index (χ2n) is 5.29. The molecule has 5 heteroatoms. The van der Waals surface area contributed by atoms with Crippen LogP contribution in [0.3, 0.4) is 0 Å². The first-order chi connectivity index (χ1) is 9.54. The zero-order chi connectivity index (χ0) is 15.1. The lowest BCUT2D eigenvalue weighted by Gasteiger charge is -2.21. The van der Waals surface area contributed by atoms with Gasteiger partial charge in [0.15, 0.2) is 0 Å². The Hall–Kier alpha value is -0.580. The highest BCUT2D eigenvalue weighted by Crippen LogP contribution is 2.25. The first-order valence-corrected chi connectivity index (χ1v) is 7.89. The monoisotopic (exact) mass is 301 g/mol. The van der Waals surface area contributed by atoms with Gasteiger partial charge in [0.25, 0.3) is 0 Å². The molecule has 20 heavy (non-hydrogen) atoms. The largest absolute Gasteiger partial charge is 0.383 e. The van der Waals surface area contributed by atoms with Crippen LogP contribution in [0.5, 0.6) is 0 Å². The highest BCUT2D eigenvalue weighted by molar-refractivity contribution is 6.31. The molecular weight excluding hydrogens is 274 g/mol. The number of aromatic nitrogens is 2. The van der Waals surface area contributed by atoms with Crippen LogP contribution in [0.1, 0.15) is 39.1 Å². The van der Waals surface area contributed by atoms with Crippen LogP contribution in [-0.2, 0) is 24.1 Å². The molecule has 0 aliphatic carbocycles. The van der Waals surface area contributed by atoms with Crippen molar-refractivity contribution in [3.63, 3.8) is 0 Å². The molecule has 1 heterocycles. The van der Waals surface area contributed by atoms with Gasteiger partial charge in [-0.2, -0.15) is 5.10 Å². The van der Waals surface area contributed by atoms with Crippen molar-refractivity contribution in [3.05, 3.63) is 16.4 Å². The van der Waals surface area contributed by atoms with E-state index in [-0.39, 0.29) is 0 Å². The van der Waals surface area contributed by atoms with Gasteiger partial charge in [0.2, 0.25) is 0 Å². The average Bonchev–Trinajstić information content (AvgIpc) is 2.75. The van der Waals surface area contributed by atoms with Crippen LogP contribution in [0.4, 0.5) is 0 Å². The van der Waals surface area contributed by atoms with E-state index in [4.69, 9.17) is 16.3 Å². The summed E-state index contributed by atoms with van der Waals surface area (Å²) < 4.78 is 7.11. The fourth-order valence-corrected chi connectivity index (χ4v) is 2.63. The van der Waals surface area contributed by atoms with E-state index in [1.165, 1.54) is 5.69 Å². The summed E-state index contributed by atoms with van der Waals surface area (Å²) in [5.74, 6) is 0.496. The van der Waals surface area contributed by atoms with Crippen molar-refractivity contribution in [2.75, 3.05) is 20.3 Å². The van der Waals surface area contributed by atoms with Crippen molar-refractivity contribution in [1.29, 1.82) is 0 Å². The number of methoxy groups -OCH3 is 1. The lowest BCUT2D eigenvalue weighted by Crippen LogP contribution is -2.35. The molecule has 0 amide bonds. The molecule has 1 N–H and O–H groups in total. The topological polar surface area (TPSA) is 39.1 Å². The van der Waals surface area contributed by atoms with E-state index in [0.717, 1.165) is 43.3 Å². The van der Waals surface area contributed by atoms with Crippen molar-refractivity contribution < 1.29 is 4.74 Å². The van der Waals surface area contributed by atoms with Gasteiger partial charge in [-0.25, -0.2) is 0 Å². The number of nitrogens with zero attached hydrogens (tertiary/aromatic N) is 2. The van der Waals surface area contributed by atoms with E-state index in [2.05, 4.69) is 38.1 Å². The Labute approximate surface area is 127 Å². The number of ether oxygens (including phenoxy) is 1. The molecule has 0 fully saturated rings. The van der Waals surface area contributed by atoms with Crippen LogP contribution in [-0.4, -0.2) is 36.1 Å². The summed E-state index contributed by atoms with van der Waals surface area (Å²) in [6.45, 7) is 11.1. The average molecular weight is 302 g/mol. The lowest BCUT2D eigenvalue weighted by molar-refractivity contribution is 0.192. The normalized spacial score (nSPS) is 14.5. The van der Waals surface area contributed by atoms with Crippen molar-refractivity contribution in [3.8, 4) is 0 Å². The minimum absolute atomic E-state index is 0.423. The van der Waals surface area contributed by atoms with Gasteiger partial charge in [-0.15, -0.1) is 0 Å². The minimum Gasteiger partial charge on any atom is -0.383 e. The summed E-state index contributed by atoms with van der Waals surface area (Å²) >= 11 is 6.46. The second-order valence-corrected chi connectivity index (χ2v) is 5.67. The van der Waals surface area contributed by atoms with Crippen LogP contribution >= 0.6 is 11.6 Å². The van der Waals surface area contributed by atoms with E-state index >= 15 is 0 Å². The number of aryl methyl sites for hydroxylation is 2. The molecule has 0 bridgehead atoms. The Morgan fingerprint density at radius 2 is 2.05 bits per heavy atom. The SMILES string of the molecule is CCc1nn(CC)c(CC(C)C(C)NCCOC)c1Cl. The molecule has 1 aromatic heterocycles. The molecule has 116 valence electrons. The molecule has 0 radical (unpaired) electrons. The maximum Gasteiger partial charge on any atom is 0.0849 e. The van der Waals surface area contributed by atoms with Gasteiger partial charge in [-0.05, 0) is 32.6 Å². The van der Waals surface area contributed by atoms with Crippen LogP contribution in [0.25, 0.3) is 0 Å². The third-order valence-corrected chi connectivity index (χ3v) is 4.27. The number of halogens is 1. The number of hydrogen-bond donors (Lipinski definition) is 1. The molecular formula is C15H28ClN3O. The van der Waals surface area contributed by atoms with Crippen molar-refractivity contribution in [2.24, 2.45) is 5.92 Å². The van der Waals surface area contributed by atoms with Crippen molar-refractivity contribution in [2.45, 2.75) is 53.1 Å². The molecule has 0 saturated heterocycles. The Kier molecular flexibility index (Phi) is 7.56. The standard InChI is InChI=1S/C15H28ClN3O/c1-6-13-15(16)14(19(7-2)18-13)10-11(3)12(4)17-8-9-20-5/h11-12,17H,6-10H2,1-5H3. The Bertz CT molecular complexity index is 406. The van der Waals surface area contributed by atoms with Crippen molar-refractivity contribution in [1.82, 2.24) is 15.1 Å². The fraction of sp³-hybridized carbons (Fsp3) is 0.800. The maximum atomic E-state index is 6.46. The molecule has 0 aliphatic rings. The van der Waals surface area contributed by atoms with Gasteiger partial charge < -0.3 is 10.1 Å². The molecule has 4 nitrogen and oxygen atoms in total. The van der Waals surface area contributed by atoms with E-state index in [1.807, 2.05) is 4.68 Å². The van der Waals surface area contributed by atoms with Gasteiger partial charge in [0.1, 0.15) is 0 Å². The van der Waals surface area contributed by atoms with Crippen LogP contribution < -0.4 is 5.32 Å². The summed E-state index contributed by atoms with van der Waals surface area (Å²) in [6.07, 6.45) is 1.83. The number of rotatable bonds is 9. The van der Waals surface area contributed by atoms with E-state index < -0.39 is 0 Å². The molecule has 2 atom stereocenters. The summed E-state index contributed by atoms with van der Waals surface area (Å²) in [7, 11) is 1.72. The molecule has 1 aromatic rings. The van der Waals surface area contributed by atoms with Gasteiger partial charge in [-0.1, -0.05) is 25.4 Å². The lowest BCUT2D eigenvalue weighted by atomic mass is 9.97. The Morgan fingerprint density at radius 1 is 1.35 bits per heavy atom. The summed E-state index contributed by atoms with van der Waals surface area (Å²) in [6, 6.07) is 0.423.